The fourth-order valence-electron chi connectivity index (χ4n) is 2.62. The van der Waals surface area contributed by atoms with Crippen molar-refractivity contribution >= 4 is 11.6 Å². The lowest BCUT2D eigenvalue weighted by Gasteiger charge is -2.31. The molecule has 1 heterocycles. The fraction of sp³-hybridized carbons (Fsp3) is 0.588. The quantitative estimate of drug-likeness (QED) is 0.844. The van der Waals surface area contributed by atoms with Crippen LogP contribution in [0.25, 0.3) is 0 Å². The number of amides is 1. The molecule has 1 saturated heterocycles. The van der Waals surface area contributed by atoms with E-state index in [4.69, 9.17) is 0 Å². The third-order valence-corrected chi connectivity index (χ3v) is 4.12. The standard InChI is InChI=1S/C17H27N3O/c1-3-4-5-15-6-8-16(9-7-15)19-17(21)14(2)20-12-10-18-11-13-20/h6-9,14,18H,3-5,10-13H2,1-2H3,(H,19,21). The van der Waals surface area contributed by atoms with E-state index in [1.54, 1.807) is 0 Å². The molecule has 1 fully saturated rings. The molecular formula is C17H27N3O. The molecule has 2 N–H and O–H groups in total. The third-order valence-electron chi connectivity index (χ3n) is 4.12. The van der Waals surface area contributed by atoms with Crippen molar-refractivity contribution in [2.24, 2.45) is 0 Å². The molecule has 1 aliphatic heterocycles. The summed E-state index contributed by atoms with van der Waals surface area (Å²) in [4.78, 5) is 14.5. The normalized spacial score (nSPS) is 17.4. The maximum atomic E-state index is 12.3. The maximum absolute atomic E-state index is 12.3. The van der Waals surface area contributed by atoms with Gasteiger partial charge in [-0.3, -0.25) is 9.69 Å². The zero-order valence-electron chi connectivity index (χ0n) is 13.2. The molecule has 1 atom stereocenters. The van der Waals surface area contributed by atoms with Crippen molar-refractivity contribution in [3.63, 3.8) is 0 Å². The largest absolute Gasteiger partial charge is 0.325 e. The average Bonchev–Trinajstić information content (AvgIpc) is 2.54. The molecule has 0 aliphatic carbocycles. The summed E-state index contributed by atoms with van der Waals surface area (Å²) in [5, 5.41) is 6.33. The Kier molecular flexibility index (Phi) is 6.21. The van der Waals surface area contributed by atoms with Crippen LogP contribution in [-0.4, -0.2) is 43.0 Å². The number of nitrogens with one attached hydrogen (secondary N) is 2. The van der Waals surface area contributed by atoms with Crippen molar-refractivity contribution in [1.82, 2.24) is 10.2 Å². The highest BCUT2D eigenvalue weighted by Crippen LogP contribution is 2.13. The van der Waals surface area contributed by atoms with Gasteiger partial charge in [0.15, 0.2) is 0 Å². The molecule has 0 radical (unpaired) electrons. The zero-order chi connectivity index (χ0) is 15.1. The summed E-state index contributed by atoms with van der Waals surface area (Å²) in [6, 6.07) is 8.16. The van der Waals surface area contributed by atoms with Gasteiger partial charge in [-0.2, -0.15) is 0 Å². The Hall–Kier alpha value is -1.39. The molecule has 1 aliphatic rings. The first-order valence-corrected chi connectivity index (χ1v) is 8.05. The number of carbonyl (C=O) groups excluding carboxylic acids is 1. The summed E-state index contributed by atoms with van der Waals surface area (Å²) in [6.45, 7) is 7.98. The van der Waals surface area contributed by atoms with Crippen LogP contribution in [0.5, 0.6) is 0 Å². The molecule has 116 valence electrons. The van der Waals surface area contributed by atoms with Gasteiger partial charge in [0, 0.05) is 31.9 Å². The molecule has 4 heteroatoms. The number of rotatable bonds is 6. The molecular weight excluding hydrogens is 262 g/mol. The van der Waals surface area contributed by atoms with Crippen molar-refractivity contribution in [3.05, 3.63) is 29.8 Å². The Labute approximate surface area is 127 Å². The van der Waals surface area contributed by atoms with E-state index in [-0.39, 0.29) is 11.9 Å². The number of anilines is 1. The SMILES string of the molecule is CCCCc1ccc(NC(=O)C(C)N2CCNCC2)cc1. The summed E-state index contributed by atoms with van der Waals surface area (Å²) < 4.78 is 0. The third kappa shape index (κ3) is 4.83. The van der Waals surface area contributed by atoms with Crippen LogP contribution in [0.15, 0.2) is 24.3 Å². The van der Waals surface area contributed by atoms with Crippen LogP contribution in [0.1, 0.15) is 32.3 Å². The van der Waals surface area contributed by atoms with Crippen molar-refractivity contribution in [2.45, 2.75) is 39.2 Å². The second-order valence-corrected chi connectivity index (χ2v) is 5.75. The van der Waals surface area contributed by atoms with Crippen LogP contribution in [0, 0.1) is 0 Å². The molecule has 0 bridgehead atoms. The number of piperazine rings is 1. The summed E-state index contributed by atoms with van der Waals surface area (Å²) in [5.74, 6) is 0.0817. The van der Waals surface area contributed by atoms with Gasteiger partial charge in [-0.15, -0.1) is 0 Å². The molecule has 1 aromatic carbocycles. The van der Waals surface area contributed by atoms with E-state index in [9.17, 15) is 4.79 Å². The molecule has 21 heavy (non-hydrogen) atoms. The van der Waals surface area contributed by atoms with E-state index in [0.717, 1.165) is 38.3 Å². The van der Waals surface area contributed by atoms with Crippen LogP contribution in [0.2, 0.25) is 0 Å². The number of nitrogens with zero attached hydrogens (tertiary/aromatic N) is 1. The second kappa shape index (κ2) is 8.15. The molecule has 4 nitrogen and oxygen atoms in total. The van der Waals surface area contributed by atoms with Crippen LogP contribution < -0.4 is 10.6 Å². The molecule has 1 aromatic rings. The number of benzene rings is 1. The van der Waals surface area contributed by atoms with Crippen molar-refractivity contribution in [1.29, 1.82) is 0 Å². The Morgan fingerprint density at radius 3 is 2.57 bits per heavy atom. The first-order chi connectivity index (χ1) is 10.2. The lowest BCUT2D eigenvalue weighted by atomic mass is 10.1. The van der Waals surface area contributed by atoms with E-state index in [2.05, 4.69) is 34.6 Å². The summed E-state index contributed by atoms with van der Waals surface area (Å²) in [5.41, 5.74) is 2.23. The van der Waals surface area contributed by atoms with Crippen molar-refractivity contribution < 1.29 is 4.79 Å². The molecule has 1 amide bonds. The monoisotopic (exact) mass is 289 g/mol. The highest BCUT2D eigenvalue weighted by atomic mass is 16.2. The Balaban J connectivity index is 1.86. The minimum Gasteiger partial charge on any atom is -0.325 e. The zero-order valence-corrected chi connectivity index (χ0v) is 13.2. The Bertz CT molecular complexity index is 438. The van der Waals surface area contributed by atoms with Crippen LogP contribution in [-0.2, 0) is 11.2 Å². The highest BCUT2D eigenvalue weighted by molar-refractivity contribution is 5.94. The molecule has 0 aromatic heterocycles. The van der Waals surface area contributed by atoms with E-state index in [1.807, 2.05) is 19.1 Å². The van der Waals surface area contributed by atoms with Gasteiger partial charge in [0.05, 0.1) is 6.04 Å². The first-order valence-electron chi connectivity index (χ1n) is 8.05. The van der Waals surface area contributed by atoms with E-state index < -0.39 is 0 Å². The predicted octanol–water partition coefficient (Wildman–Crippen LogP) is 2.26. The van der Waals surface area contributed by atoms with Gasteiger partial charge < -0.3 is 10.6 Å². The summed E-state index contributed by atoms with van der Waals surface area (Å²) in [7, 11) is 0. The van der Waals surface area contributed by atoms with Crippen molar-refractivity contribution in [2.75, 3.05) is 31.5 Å². The smallest absolute Gasteiger partial charge is 0.241 e. The Morgan fingerprint density at radius 1 is 1.29 bits per heavy atom. The maximum Gasteiger partial charge on any atom is 0.241 e. The molecule has 2 rings (SSSR count). The van der Waals surface area contributed by atoms with E-state index in [1.165, 1.54) is 18.4 Å². The van der Waals surface area contributed by atoms with Gasteiger partial charge in [0.2, 0.25) is 5.91 Å². The van der Waals surface area contributed by atoms with Crippen molar-refractivity contribution in [3.8, 4) is 0 Å². The lowest BCUT2D eigenvalue weighted by Crippen LogP contribution is -2.51. The van der Waals surface area contributed by atoms with Crippen LogP contribution >= 0.6 is 0 Å². The number of carbonyl (C=O) groups is 1. The highest BCUT2D eigenvalue weighted by Gasteiger charge is 2.22. The van der Waals surface area contributed by atoms with Gasteiger partial charge in [-0.25, -0.2) is 0 Å². The molecule has 0 saturated carbocycles. The van der Waals surface area contributed by atoms with E-state index >= 15 is 0 Å². The molecule has 0 spiro atoms. The Morgan fingerprint density at radius 2 is 1.95 bits per heavy atom. The van der Waals surface area contributed by atoms with Gasteiger partial charge in [-0.05, 0) is 37.5 Å². The van der Waals surface area contributed by atoms with Crippen LogP contribution in [0.3, 0.4) is 0 Å². The number of hydrogen-bond donors (Lipinski definition) is 2. The summed E-state index contributed by atoms with van der Waals surface area (Å²) >= 11 is 0. The van der Waals surface area contributed by atoms with Crippen LogP contribution in [0.4, 0.5) is 5.69 Å². The van der Waals surface area contributed by atoms with Gasteiger partial charge in [-0.1, -0.05) is 25.5 Å². The summed E-state index contributed by atoms with van der Waals surface area (Å²) in [6.07, 6.45) is 3.54. The number of unbranched alkanes of at least 4 members (excludes halogenated alkanes) is 1. The lowest BCUT2D eigenvalue weighted by molar-refractivity contribution is -0.120. The second-order valence-electron chi connectivity index (χ2n) is 5.75. The number of aryl methyl sites for hydroxylation is 1. The predicted molar refractivity (Wildman–Crippen MR) is 87.6 cm³/mol. The molecule has 1 unspecified atom stereocenters. The van der Waals surface area contributed by atoms with Gasteiger partial charge in [0.1, 0.15) is 0 Å². The minimum atomic E-state index is -0.0770. The van der Waals surface area contributed by atoms with Gasteiger partial charge >= 0.3 is 0 Å². The first kappa shape index (κ1) is 16.0. The number of hydrogen-bond acceptors (Lipinski definition) is 3. The average molecular weight is 289 g/mol. The van der Waals surface area contributed by atoms with E-state index in [0.29, 0.717) is 0 Å². The minimum absolute atomic E-state index is 0.0770. The topological polar surface area (TPSA) is 44.4 Å². The fourth-order valence-corrected chi connectivity index (χ4v) is 2.62. The van der Waals surface area contributed by atoms with Gasteiger partial charge in [0.25, 0.3) is 0 Å².